The first-order chi connectivity index (χ1) is 11.9. The lowest BCUT2D eigenvalue weighted by Gasteiger charge is -2.39. The third-order valence-electron chi connectivity index (χ3n) is 4.52. The van der Waals surface area contributed by atoms with Crippen LogP contribution >= 0.6 is 0 Å². The minimum Gasteiger partial charge on any atom is -0.382 e. The van der Waals surface area contributed by atoms with Crippen molar-refractivity contribution in [1.82, 2.24) is 5.32 Å². The Hall–Kier alpha value is -1.89. The van der Waals surface area contributed by atoms with E-state index >= 15 is 0 Å². The molecule has 134 valence electrons. The number of hydrogen-bond donors (Lipinski definition) is 2. The van der Waals surface area contributed by atoms with E-state index in [1.807, 2.05) is 0 Å². The zero-order valence-electron chi connectivity index (χ0n) is 13.6. The van der Waals surface area contributed by atoms with Crippen molar-refractivity contribution in [3.63, 3.8) is 0 Å². The van der Waals surface area contributed by atoms with Crippen molar-refractivity contribution >= 4 is 0 Å². The van der Waals surface area contributed by atoms with Crippen molar-refractivity contribution < 1.29 is 23.0 Å². The van der Waals surface area contributed by atoms with Crippen LogP contribution in [0.15, 0.2) is 54.6 Å². The number of rotatable bonds is 4. The van der Waals surface area contributed by atoms with Gasteiger partial charge >= 0.3 is 6.18 Å². The van der Waals surface area contributed by atoms with E-state index in [0.29, 0.717) is 25.3 Å². The summed E-state index contributed by atoms with van der Waals surface area (Å²) in [6, 6.07) is 14.1. The van der Waals surface area contributed by atoms with Gasteiger partial charge in [0.2, 0.25) is 0 Å². The van der Waals surface area contributed by atoms with Crippen molar-refractivity contribution in [2.75, 3.05) is 19.7 Å². The van der Waals surface area contributed by atoms with E-state index in [0.717, 1.165) is 6.07 Å². The summed E-state index contributed by atoms with van der Waals surface area (Å²) < 4.78 is 45.7. The zero-order valence-corrected chi connectivity index (χ0v) is 13.6. The highest BCUT2D eigenvalue weighted by Gasteiger charge is 2.43. The molecule has 2 N–H and O–H groups in total. The minimum atomic E-state index is -4.47. The second kappa shape index (κ2) is 7.15. The van der Waals surface area contributed by atoms with Crippen LogP contribution in [0.5, 0.6) is 0 Å². The van der Waals surface area contributed by atoms with Crippen LogP contribution in [0.1, 0.15) is 16.7 Å². The molecule has 1 aliphatic rings. The number of hydrogen-bond acceptors (Lipinski definition) is 3. The maximum Gasteiger partial charge on any atom is 0.416 e. The summed E-state index contributed by atoms with van der Waals surface area (Å²) in [6.45, 7) is 1.43. The smallest absolute Gasteiger partial charge is 0.382 e. The first kappa shape index (κ1) is 17.9. The molecule has 3 rings (SSSR count). The van der Waals surface area contributed by atoms with Gasteiger partial charge in [-0.2, -0.15) is 13.2 Å². The molecule has 6 heteroatoms. The van der Waals surface area contributed by atoms with Crippen LogP contribution in [0.4, 0.5) is 13.2 Å². The Labute approximate surface area is 144 Å². The third-order valence-corrected chi connectivity index (χ3v) is 4.52. The number of ether oxygens (including phenoxy) is 1. The number of morpholine rings is 1. The molecule has 1 aliphatic heterocycles. The van der Waals surface area contributed by atoms with Crippen LogP contribution in [-0.4, -0.2) is 30.9 Å². The summed E-state index contributed by atoms with van der Waals surface area (Å²) in [5.74, 6) is 0. The number of benzene rings is 2. The fourth-order valence-corrected chi connectivity index (χ4v) is 3.24. The molecule has 0 radical (unpaired) electrons. The Bertz CT molecular complexity index is 699. The van der Waals surface area contributed by atoms with Crippen molar-refractivity contribution in [2.45, 2.75) is 24.3 Å². The van der Waals surface area contributed by atoms with E-state index in [4.69, 9.17) is 4.74 Å². The van der Waals surface area contributed by atoms with Gasteiger partial charge in [0.05, 0.1) is 12.2 Å². The molecule has 1 saturated heterocycles. The predicted octanol–water partition coefficient (Wildman–Crippen LogP) is 3.12. The highest BCUT2D eigenvalue weighted by Crippen LogP contribution is 2.37. The van der Waals surface area contributed by atoms with Gasteiger partial charge in [-0.1, -0.05) is 48.5 Å². The molecule has 0 aliphatic carbocycles. The van der Waals surface area contributed by atoms with Gasteiger partial charge in [-0.25, -0.2) is 0 Å². The molecule has 0 unspecified atom stereocenters. The van der Waals surface area contributed by atoms with E-state index in [1.54, 1.807) is 36.4 Å². The van der Waals surface area contributed by atoms with Crippen molar-refractivity contribution in [2.24, 2.45) is 0 Å². The predicted molar refractivity (Wildman–Crippen MR) is 88.1 cm³/mol. The molecule has 25 heavy (non-hydrogen) atoms. The molecule has 0 amide bonds. The second-order valence-electron chi connectivity index (χ2n) is 6.19. The average Bonchev–Trinajstić information content (AvgIpc) is 2.63. The maximum atomic E-state index is 13.3. The summed E-state index contributed by atoms with van der Waals surface area (Å²) in [6.07, 6.45) is -5.29. The van der Waals surface area contributed by atoms with Gasteiger partial charge in [0.25, 0.3) is 0 Å². The topological polar surface area (TPSA) is 41.5 Å². The van der Waals surface area contributed by atoms with Crippen LogP contribution in [0, 0.1) is 0 Å². The second-order valence-corrected chi connectivity index (χ2v) is 6.19. The molecule has 0 bridgehead atoms. The Kier molecular flexibility index (Phi) is 5.13. The number of halogens is 3. The minimum absolute atomic E-state index is 0.0514. The molecule has 3 nitrogen and oxygen atoms in total. The van der Waals surface area contributed by atoms with Crippen LogP contribution in [0.3, 0.4) is 0 Å². The quantitative estimate of drug-likeness (QED) is 0.889. The molecule has 1 heterocycles. The van der Waals surface area contributed by atoms with Gasteiger partial charge in [-0.3, -0.25) is 0 Å². The SMILES string of the molecule is O[C@@](Cc1ccccc1C(F)(F)F)(c1ccccc1)[C@H]1CNCCO1. The molecular weight excluding hydrogens is 331 g/mol. The number of alkyl halides is 3. The molecular formula is C19H20F3NO2. The van der Waals surface area contributed by atoms with E-state index in [9.17, 15) is 18.3 Å². The first-order valence-electron chi connectivity index (χ1n) is 8.16. The highest BCUT2D eigenvalue weighted by atomic mass is 19.4. The third kappa shape index (κ3) is 3.86. The van der Waals surface area contributed by atoms with E-state index in [2.05, 4.69) is 5.32 Å². The normalized spacial score (nSPS) is 20.9. The van der Waals surface area contributed by atoms with E-state index in [-0.39, 0.29) is 12.0 Å². The lowest BCUT2D eigenvalue weighted by Crippen LogP contribution is -2.52. The molecule has 0 spiro atoms. The van der Waals surface area contributed by atoms with Crippen LogP contribution < -0.4 is 5.32 Å². The number of aliphatic hydroxyl groups is 1. The molecule has 0 saturated carbocycles. The van der Waals surface area contributed by atoms with Gasteiger partial charge < -0.3 is 15.2 Å². The summed E-state index contributed by atoms with van der Waals surface area (Å²) in [7, 11) is 0. The largest absolute Gasteiger partial charge is 0.416 e. The fraction of sp³-hybridized carbons (Fsp3) is 0.368. The molecule has 2 aromatic carbocycles. The van der Waals surface area contributed by atoms with Crippen LogP contribution in [-0.2, 0) is 22.9 Å². The Morgan fingerprint density at radius 3 is 2.36 bits per heavy atom. The molecule has 1 fully saturated rings. The summed E-state index contributed by atoms with van der Waals surface area (Å²) >= 11 is 0. The van der Waals surface area contributed by atoms with Gasteiger partial charge in [0.15, 0.2) is 0 Å². The average molecular weight is 351 g/mol. The van der Waals surface area contributed by atoms with Gasteiger partial charge in [-0.05, 0) is 17.2 Å². The fourth-order valence-electron chi connectivity index (χ4n) is 3.24. The Morgan fingerprint density at radius 1 is 1.04 bits per heavy atom. The standard InChI is InChI=1S/C19H20F3NO2/c20-19(21,22)16-9-5-4-6-14(16)12-18(24,15-7-2-1-3-8-15)17-13-23-10-11-25-17/h1-9,17,23-24H,10-13H2/t17-,18+/m1/s1. The van der Waals surface area contributed by atoms with Crippen molar-refractivity contribution in [3.05, 3.63) is 71.3 Å². The Balaban J connectivity index is 2.02. The summed E-state index contributed by atoms with van der Waals surface area (Å²) in [4.78, 5) is 0. The summed E-state index contributed by atoms with van der Waals surface area (Å²) in [5.41, 5.74) is -1.69. The maximum absolute atomic E-state index is 13.3. The van der Waals surface area contributed by atoms with Gasteiger partial charge in [0.1, 0.15) is 11.7 Å². The van der Waals surface area contributed by atoms with Crippen LogP contribution in [0.25, 0.3) is 0 Å². The highest BCUT2D eigenvalue weighted by molar-refractivity contribution is 5.34. The molecule has 2 atom stereocenters. The Morgan fingerprint density at radius 2 is 1.72 bits per heavy atom. The summed E-state index contributed by atoms with van der Waals surface area (Å²) in [5, 5.41) is 14.6. The van der Waals surface area contributed by atoms with Gasteiger partial charge in [-0.15, -0.1) is 0 Å². The lowest BCUT2D eigenvalue weighted by atomic mass is 9.81. The monoisotopic (exact) mass is 351 g/mol. The lowest BCUT2D eigenvalue weighted by molar-refractivity contribution is -0.141. The zero-order chi connectivity index (χ0) is 17.9. The van der Waals surface area contributed by atoms with Crippen molar-refractivity contribution in [1.29, 1.82) is 0 Å². The van der Waals surface area contributed by atoms with E-state index in [1.165, 1.54) is 12.1 Å². The van der Waals surface area contributed by atoms with Crippen molar-refractivity contribution in [3.8, 4) is 0 Å². The first-order valence-corrected chi connectivity index (χ1v) is 8.16. The molecule has 0 aromatic heterocycles. The van der Waals surface area contributed by atoms with Gasteiger partial charge in [0, 0.05) is 19.5 Å². The molecule has 2 aromatic rings. The number of nitrogens with one attached hydrogen (secondary N) is 1. The van der Waals surface area contributed by atoms with Crippen LogP contribution in [0.2, 0.25) is 0 Å². The van der Waals surface area contributed by atoms with E-state index < -0.39 is 23.4 Å².